The number of rotatable bonds is 2. The number of nitrogens with two attached hydrogens (primary N) is 1. The Balaban J connectivity index is 1.86. The molecule has 0 heterocycles. The van der Waals surface area contributed by atoms with Crippen LogP contribution in [-0.4, -0.2) is 0 Å². The van der Waals surface area contributed by atoms with E-state index in [1.54, 1.807) is 6.07 Å². The summed E-state index contributed by atoms with van der Waals surface area (Å²) in [4.78, 5) is 0. The largest absolute Gasteiger partial charge is 0.416 e. The monoisotopic (exact) mass is 269 g/mol. The molecule has 2 saturated carbocycles. The number of benzene rings is 1. The van der Waals surface area contributed by atoms with Gasteiger partial charge in [-0.15, -0.1) is 0 Å². The van der Waals surface area contributed by atoms with Gasteiger partial charge in [0.1, 0.15) is 0 Å². The first-order valence-electron chi connectivity index (χ1n) is 6.92. The van der Waals surface area contributed by atoms with E-state index in [-0.39, 0.29) is 11.5 Å². The van der Waals surface area contributed by atoms with Crippen molar-refractivity contribution in [2.45, 2.75) is 37.9 Å². The molecule has 3 rings (SSSR count). The molecule has 1 nitrogen and oxygen atoms in total. The lowest BCUT2D eigenvalue weighted by Crippen LogP contribution is -2.20. The van der Waals surface area contributed by atoms with Crippen LogP contribution in [0.2, 0.25) is 0 Å². The van der Waals surface area contributed by atoms with E-state index in [0.29, 0.717) is 11.8 Å². The highest BCUT2D eigenvalue weighted by atomic mass is 19.4. The molecule has 19 heavy (non-hydrogen) atoms. The topological polar surface area (TPSA) is 26.0 Å². The third-order valence-corrected chi connectivity index (χ3v) is 4.76. The molecule has 2 fully saturated rings. The van der Waals surface area contributed by atoms with Gasteiger partial charge in [-0.2, -0.15) is 13.2 Å². The predicted octanol–water partition coefficient (Wildman–Crippen LogP) is 4.14. The highest BCUT2D eigenvalue weighted by molar-refractivity contribution is 5.34. The van der Waals surface area contributed by atoms with E-state index >= 15 is 0 Å². The van der Waals surface area contributed by atoms with E-state index < -0.39 is 17.8 Å². The molecule has 0 aromatic heterocycles. The minimum Gasteiger partial charge on any atom is -0.324 e. The summed E-state index contributed by atoms with van der Waals surface area (Å²) in [5.74, 6) is 1.38. The van der Waals surface area contributed by atoms with Gasteiger partial charge < -0.3 is 5.73 Å². The first-order valence-corrected chi connectivity index (χ1v) is 6.92. The van der Waals surface area contributed by atoms with Gasteiger partial charge in [-0.05, 0) is 42.2 Å². The normalized spacial score (nSPS) is 31.7. The Morgan fingerprint density at radius 3 is 2.21 bits per heavy atom. The maximum Gasteiger partial charge on any atom is 0.416 e. The molecule has 0 bridgehead atoms. The molecule has 0 spiro atoms. The van der Waals surface area contributed by atoms with Crippen LogP contribution in [0.15, 0.2) is 24.3 Å². The van der Waals surface area contributed by atoms with Gasteiger partial charge in [-0.25, -0.2) is 0 Å². The lowest BCUT2D eigenvalue weighted by atomic mass is 9.95. The van der Waals surface area contributed by atoms with Crippen LogP contribution < -0.4 is 5.73 Å². The fraction of sp³-hybridized carbons (Fsp3) is 0.600. The molecule has 4 heteroatoms. The summed E-state index contributed by atoms with van der Waals surface area (Å²) in [7, 11) is 0. The Labute approximate surface area is 111 Å². The zero-order valence-electron chi connectivity index (χ0n) is 10.7. The van der Waals surface area contributed by atoms with Gasteiger partial charge in [-0.1, -0.05) is 31.0 Å². The molecule has 0 saturated heterocycles. The van der Waals surface area contributed by atoms with Crippen LogP contribution in [0.5, 0.6) is 0 Å². The Morgan fingerprint density at radius 1 is 1.05 bits per heavy atom. The highest BCUT2D eigenvalue weighted by Crippen LogP contribution is 2.60. The number of halogens is 3. The van der Waals surface area contributed by atoms with E-state index in [9.17, 15) is 13.2 Å². The average Bonchev–Trinajstić information content (AvgIpc) is 3.11. The van der Waals surface area contributed by atoms with Gasteiger partial charge in [0, 0.05) is 6.04 Å². The van der Waals surface area contributed by atoms with Crippen molar-refractivity contribution < 1.29 is 13.2 Å². The van der Waals surface area contributed by atoms with Gasteiger partial charge in [0.05, 0.1) is 5.56 Å². The van der Waals surface area contributed by atoms with Crippen molar-refractivity contribution in [2.24, 2.45) is 23.5 Å². The van der Waals surface area contributed by atoms with Crippen molar-refractivity contribution >= 4 is 0 Å². The van der Waals surface area contributed by atoms with Crippen molar-refractivity contribution in [1.82, 2.24) is 0 Å². The molecule has 3 unspecified atom stereocenters. The van der Waals surface area contributed by atoms with E-state index in [1.165, 1.54) is 25.0 Å². The number of hydrogen-bond acceptors (Lipinski definition) is 1. The lowest BCUT2D eigenvalue weighted by molar-refractivity contribution is -0.138. The number of alkyl halides is 3. The van der Waals surface area contributed by atoms with Crippen LogP contribution in [-0.2, 0) is 6.18 Å². The predicted molar refractivity (Wildman–Crippen MR) is 67.3 cm³/mol. The smallest absolute Gasteiger partial charge is 0.324 e. The molecule has 2 aliphatic rings. The number of fused-ring (bicyclic) bond motifs is 1. The molecular formula is C15H18F3N. The third kappa shape index (κ3) is 2.27. The van der Waals surface area contributed by atoms with E-state index in [4.69, 9.17) is 5.73 Å². The number of hydrogen-bond donors (Lipinski definition) is 1. The van der Waals surface area contributed by atoms with Crippen molar-refractivity contribution in [2.75, 3.05) is 0 Å². The molecule has 0 amide bonds. The molecule has 1 aromatic rings. The standard InChI is InChI=1S/C15H18F3N/c16-15(17,18)12-8-4-3-7-11(12)14(19)13-9-5-1-2-6-10(9)13/h3-4,7-10,13-14H,1-2,5-6,19H2. The maximum atomic E-state index is 13.0. The fourth-order valence-electron chi connectivity index (χ4n) is 3.83. The first kappa shape index (κ1) is 13.0. The molecule has 1 aromatic carbocycles. The molecule has 0 radical (unpaired) electrons. The summed E-state index contributed by atoms with van der Waals surface area (Å²) < 4.78 is 39.0. The van der Waals surface area contributed by atoms with E-state index in [1.807, 2.05) is 0 Å². The third-order valence-electron chi connectivity index (χ3n) is 4.76. The van der Waals surface area contributed by atoms with Gasteiger partial charge in [-0.3, -0.25) is 0 Å². The van der Waals surface area contributed by atoms with Crippen LogP contribution in [0, 0.1) is 17.8 Å². The second-order valence-corrected chi connectivity index (χ2v) is 5.80. The second-order valence-electron chi connectivity index (χ2n) is 5.80. The zero-order chi connectivity index (χ0) is 13.6. The van der Waals surface area contributed by atoms with Crippen molar-refractivity contribution in [3.05, 3.63) is 35.4 Å². The minimum atomic E-state index is -4.31. The summed E-state index contributed by atoms with van der Waals surface area (Å²) in [6.07, 6.45) is 0.360. The Hall–Kier alpha value is -1.03. The first-order chi connectivity index (χ1) is 9.00. The summed E-state index contributed by atoms with van der Waals surface area (Å²) in [6, 6.07) is 5.29. The van der Waals surface area contributed by atoms with E-state index in [0.717, 1.165) is 18.9 Å². The van der Waals surface area contributed by atoms with Gasteiger partial charge in [0.2, 0.25) is 0 Å². The van der Waals surface area contributed by atoms with Crippen LogP contribution in [0.1, 0.15) is 42.9 Å². The van der Waals surface area contributed by atoms with Crippen molar-refractivity contribution in [3.8, 4) is 0 Å². The highest BCUT2D eigenvalue weighted by Gasteiger charge is 2.54. The van der Waals surface area contributed by atoms with Gasteiger partial charge >= 0.3 is 6.18 Å². The maximum absolute atomic E-state index is 13.0. The van der Waals surface area contributed by atoms with Crippen molar-refractivity contribution in [3.63, 3.8) is 0 Å². The van der Waals surface area contributed by atoms with Gasteiger partial charge in [0.15, 0.2) is 0 Å². The van der Waals surface area contributed by atoms with Crippen LogP contribution in [0.25, 0.3) is 0 Å². The van der Waals surface area contributed by atoms with E-state index in [2.05, 4.69) is 0 Å². The quantitative estimate of drug-likeness (QED) is 0.858. The van der Waals surface area contributed by atoms with Crippen LogP contribution in [0.4, 0.5) is 13.2 Å². The van der Waals surface area contributed by atoms with Crippen LogP contribution >= 0.6 is 0 Å². The van der Waals surface area contributed by atoms with Crippen LogP contribution in [0.3, 0.4) is 0 Å². The molecule has 2 aliphatic carbocycles. The Kier molecular flexibility index (Phi) is 3.08. The Morgan fingerprint density at radius 2 is 1.63 bits per heavy atom. The summed E-state index contributed by atoms with van der Waals surface area (Å²) in [5, 5.41) is 0. The summed E-state index contributed by atoms with van der Waals surface area (Å²) in [6.45, 7) is 0. The molecular weight excluding hydrogens is 251 g/mol. The Bertz CT molecular complexity index is 457. The fourth-order valence-corrected chi connectivity index (χ4v) is 3.83. The summed E-state index contributed by atoms with van der Waals surface area (Å²) >= 11 is 0. The molecule has 104 valence electrons. The average molecular weight is 269 g/mol. The summed E-state index contributed by atoms with van der Waals surface area (Å²) in [5.41, 5.74) is 5.87. The zero-order valence-corrected chi connectivity index (χ0v) is 10.7. The lowest BCUT2D eigenvalue weighted by Gasteiger charge is -2.18. The van der Waals surface area contributed by atoms with Gasteiger partial charge in [0.25, 0.3) is 0 Å². The molecule has 0 aliphatic heterocycles. The molecule has 3 atom stereocenters. The van der Waals surface area contributed by atoms with Crippen molar-refractivity contribution in [1.29, 1.82) is 0 Å². The minimum absolute atomic E-state index is 0.256. The SMILES string of the molecule is NC(c1ccccc1C(F)(F)F)C1C2CCCCC21. The second kappa shape index (κ2) is 4.51. The molecule has 2 N–H and O–H groups in total.